The summed E-state index contributed by atoms with van der Waals surface area (Å²) >= 11 is 2.14. The molecule has 0 spiro atoms. The van der Waals surface area contributed by atoms with Crippen LogP contribution in [0.15, 0.2) is 42.5 Å². The molecule has 2 unspecified atom stereocenters. The van der Waals surface area contributed by atoms with Crippen molar-refractivity contribution in [3.63, 3.8) is 0 Å². The van der Waals surface area contributed by atoms with Gasteiger partial charge >= 0.3 is 5.97 Å². The predicted octanol–water partition coefficient (Wildman–Crippen LogP) is 4.99. The van der Waals surface area contributed by atoms with Crippen LogP contribution in [0, 0.1) is 11.8 Å². The van der Waals surface area contributed by atoms with Gasteiger partial charge in [-0.1, -0.05) is 55.3 Å². The summed E-state index contributed by atoms with van der Waals surface area (Å²) in [5.74, 6) is 2.33. The molecule has 0 N–H and O–H groups in total. The molecule has 2 nitrogen and oxygen atoms in total. The molecule has 23 heavy (non-hydrogen) atoms. The fourth-order valence-corrected chi connectivity index (χ4v) is 5.56. The third kappa shape index (κ3) is 4.41. The molecular formula is C20H26O2S. The van der Waals surface area contributed by atoms with Crippen molar-refractivity contribution < 1.29 is 9.53 Å². The van der Waals surface area contributed by atoms with Gasteiger partial charge in [-0.2, -0.15) is 11.8 Å². The molecule has 0 amide bonds. The Labute approximate surface area is 143 Å². The molecule has 2 aliphatic rings. The van der Waals surface area contributed by atoms with Crippen LogP contribution in [0.4, 0.5) is 0 Å². The van der Waals surface area contributed by atoms with E-state index >= 15 is 0 Å². The van der Waals surface area contributed by atoms with Crippen molar-refractivity contribution in [3.05, 3.63) is 48.0 Å². The Hall–Kier alpha value is -1.22. The molecule has 3 heteroatoms. The first kappa shape index (κ1) is 16.6. The molecule has 3 atom stereocenters. The molecule has 0 bridgehead atoms. The van der Waals surface area contributed by atoms with E-state index in [1.807, 2.05) is 30.3 Å². The van der Waals surface area contributed by atoms with Crippen molar-refractivity contribution in [3.8, 4) is 0 Å². The summed E-state index contributed by atoms with van der Waals surface area (Å²) in [7, 11) is 0. The maximum absolute atomic E-state index is 12.1. The molecule has 1 aliphatic carbocycles. The predicted molar refractivity (Wildman–Crippen MR) is 96.3 cm³/mol. The summed E-state index contributed by atoms with van der Waals surface area (Å²) in [5, 5.41) is 0.791. The average Bonchev–Trinajstić information content (AvgIpc) is 2.60. The van der Waals surface area contributed by atoms with E-state index in [-0.39, 0.29) is 5.97 Å². The Morgan fingerprint density at radius 3 is 2.78 bits per heavy atom. The van der Waals surface area contributed by atoms with Crippen LogP contribution in [-0.4, -0.2) is 17.0 Å². The molecule has 1 aromatic carbocycles. The zero-order chi connectivity index (χ0) is 16.1. The summed E-state index contributed by atoms with van der Waals surface area (Å²) in [6.45, 7) is 4.61. The monoisotopic (exact) mass is 330 g/mol. The number of hydrogen-bond donors (Lipinski definition) is 0. The summed E-state index contributed by atoms with van der Waals surface area (Å²) in [5.41, 5.74) is 2.13. The topological polar surface area (TPSA) is 26.3 Å². The van der Waals surface area contributed by atoms with Gasteiger partial charge in [-0.3, -0.25) is 4.79 Å². The SMILES string of the molecule is C=C(CC(=O)OCc1ccccc1)C1CCSC2CCCC[C@H]21. The molecule has 1 heterocycles. The van der Waals surface area contributed by atoms with Gasteiger partial charge in [0.2, 0.25) is 0 Å². The summed E-state index contributed by atoms with van der Waals surface area (Å²) in [6, 6.07) is 9.85. The van der Waals surface area contributed by atoms with Gasteiger partial charge in [0, 0.05) is 5.25 Å². The summed E-state index contributed by atoms with van der Waals surface area (Å²) in [4.78, 5) is 12.1. The Morgan fingerprint density at radius 2 is 1.96 bits per heavy atom. The zero-order valence-electron chi connectivity index (χ0n) is 13.7. The highest BCUT2D eigenvalue weighted by Gasteiger charge is 2.36. The first-order valence-corrected chi connectivity index (χ1v) is 9.78. The quantitative estimate of drug-likeness (QED) is 0.562. The smallest absolute Gasteiger partial charge is 0.310 e. The van der Waals surface area contributed by atoms with Crippen molar-refractivity contribution in [2.24, 2.45) is 11.8 Å². The maximum atomic E-state index is 12.1. The second-order valence-corrected chi connectivity index (χ2v) is 8.08. The van der Waals surface area contributed by atoms with E-state index in [1.54, 1.807) is 0 Å². The number of ether oxygens (including phenoxy) is 1. The largest absolute Gasteiger partial charge is 0.461 e. The highest BCUT2D eigenvalue weighted by atomic mass is 32.2. The third-order valence-electron chi connectivity index (χ3n) is 5.17. The Morgan fingerprint density at radius 1 is 1.17 bits per heavy atom. The van der Waals surface area contributed by atoms with Crippen LogP contribution in [0.3, 0.4) is 0 Å². The lowest BCUT2D eigenvalue weighted by atomic mass is 9.74. The van der Waals surface area contributed by atoms with Crippen LogP contribution in [0.1, 0.15) is 44.1 Å². The van der Waals surface area contributed by atoms with E-state index in [4.69, 9.17) is 4.74 Å². The number of rotatable bonds is 5. The number of esters is 1. The van der Waals surface area contributed by atoms with Crippen molar-refractivity contribution in [2.45, 2.75) is 50.4 Å². The van der Waals surface area contributed by atoms with Gasteiger partial charge in [-0.15, -0.1) is 0 Å². The minimum absolute atomic E-state index is 0.135. The fourth-order valence-electron chi connectivity index (χ4n) is 3.97. The molecule has 1 aliphatic heterocycles. The molecule has 1 aromatic rings. The number of fused-ring (bicyclic) bond motifs is 1. The molecule has 1 saturated carbocycles. The van der Waals surface area contributed by atoms with Gasteiger partial charge in [0.25, 0.3) is 0 Å². The van der Waals surface area contributed by atoms with Gasteiger partial charge < -0.3 is 4.74 Å². The van der Waals surface area contributed by atoms with E-state index in [9.17, 15) is 4.79 Å². The molecule has 0 aromatic heterocycles. The number of carbonyl (C=O) groups is 1. The minimum Gasteiger partial charge on any atom is -0.461 e. The van der Waals surface area contributed by atoms with Crippen LogP contribution in [-0.2, 0) is 16.1 Å². The van der Waals surface area contributed by atoms with Crippen molar-refractivity contribution in [1.29, 1.82) is 0 Å². The lowest BCUT2D eigenvalue weighted by Gasteiger charge is -2.41. The van der Waals surface area contributed by atoms with E-state index in [0.29, 0.717) is 18.9 Å². The van der Waals surface area contributed by atoms with Gasteiger partial charge in [0.1, 0.15) is 6.61 Å². The van der Waals surface area contributed by atoms with Gasteiger partial charge in [0.05, 0.1) is 6.42 Å². The zero-order valence-corrected chi connectivity index (χ0v) is 14.5. The first-order chi connectivity index (χ1) is 11.2. The maximum Gasteiger partial charge on any atom is 0.310 e. The van der Waals surface area contributed by atoms with Crippen LogP contribution < -0.4 is 0 Å². The number of carbonyl (C=O) groups excluding carboxylic acids is 1. The van der Waals surface area contributed by atoms with Gasteiger partial charge in [0.15, 0.2) is 0 Å². The third-order valence-corrected chi connectivity index (χ3v) is 6.65. The van der Waals surface area contributed by atoms with E-state index in [1.165, 1.54) is 37.9 Å². The Kier molecular flexibility index (Phi) is 5.82. The highest BCUT2D eigenvalue weighted by Crippen LogP contribution is 2.46. The minimum atomic E-state index is -0.135. The van der Waals surface area contributed by atoms with Gasteiger partial charge in [-0.05, 0) is 42.4 Å². The highest BCUT2D eigenvalue weighted by molar-refractivity contribution is 7.99. The van der Waals surface area contributed by atoms with E-state index < -0.39 is 0 Å². The van der Waals surface area contributed by atoms with Crippen molar-refractivity contribution >= 4 is 17.7 Å². The van der Waals surface area contributed by atoms with Crippen LogP contribution in [0.5, 0.6) is 0 Å². The van der Waals surface area contributed by atoms with Crippen LogP contribution in [0.25, 0.3) is 0 Å². The standard InChI is InChI=1S/C20H26O2S/c1-15(13-20(21)22-14-16-7-3-2-4-8-16)17-11-12-23-19-10-6-5-9-18(17)19/h2-4,7-8,17-19H,1,5-6,9-14H2/t17?,18-,19?/m0/s1. The fraction of sp³-hybridized carbons (Fsp3) is 0.550. The molecule has 124 valence electrons. The Bertz CT molecular complexity index is 538. The van der Waals surface area contributed by atoms with E-state index in [2.05, 4.69) is 18.3 Å². The van der Waals surface area contributed by atoms with Gasteiger partial charge in [-0.25, -0.2) is 0 Å². The molecular weight excluding hydrogens is 304 g/mol. The Balaban J connectivity index is 1.50. The molecule has 1 saturated heterocycles. The number of benzene rings is 1. The molecule has 0 radical (unpaired) electrons. The summed E-state index contributed by atoms with van der Waals surface area (Å²) in [6.07, 6.45) is 6.91. The molecule has 2 fully saturated rings. The van der Waals surface area contributed by atoms with E-state index in [0.717, 1.165) is 22.3 Å². The van der Waals surface area contributed by atoms with Crippen LogP contribution in [0.2, 0.25) is 0 Å². The summed E-state index contributed by atoms with van der Waals surface area (Å²) < 4.78 is 5.42. The van der Waals surface area contributed by atoms with Crippen LogP contribution >= 0.6 is 11.8 Å². The molecule has 3 rings (SSSR count). The second kappa shape index (κ2) is 8.05. The average molecular weight is 330 g/mol. The lowest BCUT2D eigenvalue weighted by Crippen LogP contribution is -2.34. The normalized spacial score (nSPS) is 27.0. The second-order valence-electron chi connectivity index (χ2n) is 6.73. The first-order valence-electron chi connectivity index (χ1n) is 8.73. The number of thioether (sulfide) groups is 1. The van der Waals surface area contributed by atoms with Crippen molar-refractivity contribution in [2.75, 3.05) is 5.75 Å². The number of hydrogen-bond acceptors (Lipinski definition) is 3. The van der Waals surface area contributed by atoms with Crippen molar-refractivity contribution in [1.82, 2.24) is 0 Å². The lowest BCUT2D eigenvalue weighted by molar-refractivity contribution is -0.144.